The van der Waals surface area contributed by atoms with Crippen molar-refractivity contribution < 1.29 is 4.79 Å². The molecular formula is C22H20N4OS. The van der Waals surface area contributed by atoms with Gasteiger partial charge in [0.2, 0.25) is 5.91 Å². The number of carbonyl (C=O) groups is 1. The summed E-state index contributed by atoms with van der Waals surface area (Å²) in [6.45, 7) is 0.698. The molecule has 1 aliphatic heterocycles. The molecule has 5 nitrogen and oxygen atoms in total. The van der Waals surface area contributed by atoms with Crippen LogP contribution in [0.2, 0.25) is 0 Å². The highest BCUT2D eigenvalue weighted by atomic mass is 32.1. The molecular weight excluding hydrogens is 368 g/mol. The fraction of sp³-hybridized carbons (Fsp3) is 0.227. The van der Waals surface area contributed by atoms with Gasteiger partial charge in [0.15, 0.2) is 0 Å². The van der Waals surface area contributed by atoms with Crippen LogP contribution in [0.1, 0.15) is 34.4 Å². The summed E-state index contributed by atoms with van der Waals surface area (Å²) in [5, 5.41) is 5.34. The molecule has 2 aromatic carbocycles. The number of aromatic amines is 1. The van der Waals surface area contributed by atoms with Crippen LogP contribution < -0.4 is 0 Å². The van der Waals surface area contributed by atoms with Gasteiger partial charge in [0, 0.05) is 43.1 Å². The number of hydrogen-bond acceptors (Lipinski definition) is 4. The van der Waals surface area contributed by atoms with Crippen molar-refractivity contribution in [2.75, 3.05) is 6.54 Å². The first-order chi connectivity index (χ1) is 13.8. The number of H-pyrrole nitrogens is 1. The van der Waals surface area contributed by atoms with E-state index in [4.69, 9.17) is 0 Å². The van der Waals surface area contributed by atoms with Crippen molar-refractivity contribution in [3.8, 4) is 0 Å². The summed E-state index contributed by atoms with van der Waals surface area (Å²) in [6.07, 6.45) is 5.49. The molecule has 0 saturated carbocycles. The van der Waals surface area contributed by atoms with Crippen LogP contribution >= 0.6 is 11.3 Å². The predicted molar refractivity (Wildman–Crippen MR) is 110 cm³/mol. The molecule has 0 bridgehead atoms. The molecule has 0 aliphatic carbocycles. The molecule has 1 aliphatic rings. The number of nitrogens with one attached hydrogen (secondary N) is 1. The quantitative estimate of drug-likeness (QED) is 0.572. The summed E-state index contributed by atoms with van der Waals surface area (Å²) in [7, 11) is 0. The highest BCUT2D eigenvalue weighted by Gasteiger charge is 2.33. The van der Waals surface area contributed by atoms with E-state index in [0.29, 0.717) is 19.4 Å². The third-order valence-corrected chi connectivity index (χ3v) is 6.21. The van der Waals surface area contributed by atoms with Crippen LogP contribution in [0.5, 0.6) is 0 Å². The maximum atomic E-state index is 13.1. The van der Waals surface area contributed by atoms with E-state index < -0.39 is 0 Å². The Morgan fingerprint density at radius 3 is 2.93 bits per heavy atom. The van der Waals surface area contributed by atoms with Gasteiger partial charge >= 0.3 is 0 Å². The Hall–Kier alpha value is -2.99. The molecule has 5 rings (SSSR count). The highest BCUT2D eigenvalue weighted by Crippen LogP contribution is 2.35. The van der Waals surface area contributed by atoms with Gasteiger partial charge in [0.1, 0.15) is 6.04 Å². The molecule has 0 radical (unpaired) electrons. The van der Waals surface area contributed by atoms with Crippen molar-refractivity contribution in [2.45, 2.75) is 25.3 Å². The molecule has 0 spiro atoms. The molecule has 0 saturated heterocycles. The van der Waals surface area contributed by atoms with Gasteiger partial charge in [-0.1, -0.05) is 36.4 Å². The topological polar surface area (TPSA) is 61.9 Å². The Kier molecular flexibility index (Phi) is 4.41. The van der Waals surface area contributed by atoms with Crippen LogP contribution in [0.3, 0.4) is 0 Å². The number of amides is 1. The van der Waals surface area contributed by atoms with E-state index in [9.17, 15) is 4.79 Å². The highest BCUT2D eigenvalue weighted by molar-refractivity contribution is 7.09. The van der Waals surface area contributed by atoms with E-state index in [1.807, 2.05) is 22.4 Å². The van der Waals surface area contributed by atoms with Gasteiger partial charge in [-0.2, -0.15) is 0 Å². The van der Waals surface area contributed by atoms with Crippen molar-refractivity contribution >= 4 is 28.0 Å². The average molecular weight is 388 g/mol. The van der Waals surface area contributed by atoms with E-state index in [2.05, 4.69) is 45.3 Å². The number of fused-ring (bicyclic) bond motifs is 2. The molecule has 0 unspecified atom stereocenters. The maximum Gasteiger partial charge on any atom is 0.223 e. The van der Waals surface area contributed by atoms with E-state index >= 15 is 0 Å². The van der Waals surface area contributed by atoms with E-state index in [0.717, 1.165) is 28.4 Å². The van der Waals surface area contributed by atoms with Crippen LogP contribution in [-0.4, -0.2) is 32.3 Å². The second-order valence-corrected chi connectivity index (χ2v) is 8.02. The fourth-order valence-electron chi connectivity index (χ4n) is 3.99. The first kappa shape index (κ1) is 17.1. The van der Waals surface area contributed by atoms with Crippen LogP contribution in [0.25, 0.3) is 10.8 Å². The Bertz CT molecular complexity index is 1120. The Labute approximate surface area is 167 Å². The number of carbonyl (C=O) groups excluding carboxylic acids is 1. The molecule has 1 atom stereocenters. The zero-order chi connectivity index (χ0) is 18.9. The normalized spacial score (nSPS) is 16.3. The standard InChI is InChI=1S/C22H20N4OS/c27-20(8-7-19-23-10-12-28-19)26-11-9-18-21(25-14-24-18)22(26)17-6-5-15-3-1-2-4-16(15)13-17/h1-6,10,12-14,22H,7-9,11H2,(H,24,25)/t22-/m1/s1. The second kappa shape index (κ2) is 7.20. The summed E-state index contributed by atoms with van der Waals surface area (Å²) in [5.41, 5.74) is 3.20. The Morgan fingerprint density at radius 2 is 2.07 bits per heavy atom. The minimum Gasteiger partial charge on any atom is -0.348 e. The lowest BCUT2D eigenvalue weighted by Crippen LogP contribution is -2.40. The summed E-state index contributed by atoms with van der Waals surface area (Å²) in [6, 6.07) is 14.6. The van der Waals surface area contributed by atoms with Crippen molar-refractivity contribution in [1.29, 1.82) is 0 Å². The molecule has 1 N–H and O–H groups in total. The molecule has 1 amide bonds. The number of rotatable bonds is 4. The molecule has 4 aromatic rings. The van der Waals surface area contributed by atoms with Gasteiger partial charge in [-0.15, -0.1) is 11.3 Å². The van der Waals surface area contributed by atoms with Crippen LogP contribution in [0, 0.1) is 0 Å². The Balaban J connectivity index is 1.49. The molecule has 2 aromatic heterocycles. The fourth-order valence-corrected chi connectivity index (χ4v) is 4.62. The van der Waals surface area contributed by atoms with Crippen LogP contribution in [0.15, 0.2) is 60.4 Å². The third kappa shape index (κ3) is 3.10. The smallest absolute Gasteiger partial charge is 0.223 e. The molecule has 3 heterocycles. The third-order valence-electron chi connectivity index (χ3n) is 5.37. The molecule has 28 heavy (non-hydrogen) atoms. The lowest BCUT2D eigenvalue weighted by molar-refractivity contribution is -0.133. The number of aromatic nitrogens is 3. The first-order valence-electron chi connectivity index (χ1n) is 9.48. The maximum absolute atomic E-state index is 13.1. The summed E-state index contributed by atoms with van der Waals surface area (Å²) in [5.74, 6) is 0.155. The summed E-state index contributed by atoms with van der Waals surface area (Å²) >= 11 is 1.60. The second-order valence-electron chi connectivity index (χ2n) is 7.04. The van der Waals surface area contributed by atoms with Gasteiger partial charge in [0.25, 0.3) is 0 Å². The number of nitrogens with zero attached hydrogens (tertiary/aromatic N) is 3. The van der Waals surface area contributed by atoms with Gasteiger partial charge in [-0.25, -0.2) is 9.97 Å². The average Bonchev–Trinajstić information content (AvgIpc) is 3.42. The molecule has 6 heteroatoms. The number of aryl methyl sites for hydroxylation is 1. The number of thiazole rings is 1. The number of benzene rings is 2. The molecule has 140 valence electrons. The van der Waals surface area contributed by atoms with E-state index in [1.165, 1.54) is 10.8 Å². The van der Waals surface area contributed by atoms with Gasteiger partial charge in [-0.3, -0.25) is 4.79 Å². The Morgan fingerprint density at radius 1 is 1.18 bits per heavy atom. The van der Waals surface area contributed by atoms with Crippen molar-refractivity contribution in [1.82, 2.24) is 19.9 Å². The van der Waals surface area contributed by atoms with E-state index in [1.54, 1.807) is 23.9 Å². The lowest BCUT2D eigenvalue weighted by atomic mass is 9.93. The van der Waals surface area contributed by atoms with Crippen LogP contribution in [0.4, 0.5) is 0 Å². The minimum atomic E-state index is -0.150. The van der Waals surface area contributed by atoms with Gasteiger partial charge in [-0.05, 0) is 22.4 Å². The zero-order valence-electron chi connectivity index (χ0n) is 15.3. The van der Waals surface area contributed by atoms with Crippen molar-refractivity contribution in [3.05, 3.63) is 82.3 Å². The van der Waals surface area contributed by atoms with E-state index in [-0.39, 0.29) is 11.9 Å². The van der Waals surface area contributed by atoms with Crippen LogP contribution in [-0.2, 0) is 17.6 Å². The SMILES string of the molecule is O=C(CCc1nccs1)N1CCc2[nH]cnc2[C@H]1c1ccc2ccccc2c1. The summed E-state index contributed by atoms with van der Waals surface area (Å²) in [4.78, 5) is 27.3. The van der Waals surface area contributed by atoms with Gasteiger partial charge in [0.05, 0.1) is 17.0 Å². The zero-order valence-corrected chi connectivity index (χ0v) is 16.2. The first-order valence-corrected chi connectivity index (χ1v) is 10.4. The molecule has 0 fully saturated rings. The largest absolute Gasteiger partial charge is 0.348 e. The monoisotopic (exact) mass is 388 g/mol. The van der Waals surface area contributed by atoms with Crippen molar-refractivity contribution in [3.63, 3.8) is 0 Å². The summed E-state index contributed by atoms with van der Waals surface area (Å²) < 4.78 is 0. The number of hydrogen-bond donors (Lipinski definition) is 1. The van der Waals surface area contributed by atoms with Gasteiger partial charge < -0.3 is 9.88 Å². The minimum absolute atomic E-state index is 0.150. The predicted octanol–water partition coefficient (Wildman–Crippen LogP) is 4.13. The van der Waals surface area contributed by atoms with Crippen molar-refractivity contribution in [2.24, 2.45) is 0 Å². The number of imidazole rings is 1. The lowest BCUT2D eigenvalue weighted by Gasteiger charge is -2.35.